The Balaban J connectivity index is 1.04. The van der Waals surface area contributed by atoms with E-state index in [1.165, 1.54) is 5.56 Å². The van der Waals surface area contributed by atoms with Gasteiger partial charge in [0.05, 0.1) is 6.54 Å². The van der Waals surface area contributed by atoms with Crippen LogP contribution in [0, 0.1) is 0 Å². The van der Waals surface area contributed by atoms with Gasteiger partial charge in [-0.3, -0.25) is 24.6 Å². The maximum Gasteiger partial charge on any atom is 0.255 e. The molecule has 0 spiro atoms. The summed E-state index contributed by atoms with van der Waals surface area (Å²) in [5.74, 6) is 0.809. The van der Waals surface area contributed by atoms with Crippen molar-refractivity contribution in [3.63, 3.8) is 0 Å². The number of anilines is 1. The fourth-order valence-electron chi connectivity index (χ4n) is 5.72. The van der Waals surface area contributed by atoms with Crippen molar-refractivity contribution in [2.24, 2.45) is 0 Å². The Kier molecular flexibility index (Phi) is 7.46. The third kappa shape index (κ3) is 5.56. The molecule has 3 amide bonds. The first-order valence-corrected chi connectivity index (χ1v) is 13.9. The lowest BCUT2D eigenvalue weighted by atomic mass is 10.1. The molecule has 0 saturated carbocycles. The van der Waals surface area contributed by atoms with E-state index in [1.54, 1.807) is 11.0 Å². The summed E-state index contributed by atoms with van der Waals surface area (Å²) in [7, 11) is 0. The number of amides is 3. The Morgan fingerprint density at radius 2 is 1.70 bits per heavy atom. The Labute approximate surface area is 233 Å². The standard InChI is InChI=1S/C31H33N5O4/c37-29-9-4-6-26(30(38)33-29)36-20-25-24(31(36)39)5-3-7-27(25)40-21-23-12-10-22(11-13-23)19-34-15-17-35(18-16-34)28-8-1-2-14-32-28/h1-3,5,7-8,10-14,26H,4,6,9,15-21H2,(H,33,37,38). The van der Waals surface area contributed by atoms with E-state index < -0.39 is 11.9 Å². The van der Waals surface area contributed by atoms with Gasteiger partial charge in [0.25, 0.3) is 5.91 Å². The van der Waals surface area contributed by atoms with Crippen LogP contribution in [-0.4, -0.2) is 64.7 Å². The summed E-state index contributed by atoms with van der Waals surface area (Å²) in [5, 5.41) is 2.41. The number of rotatable bonds is 7. The van der Waals surface area contributed by atoms with Gasteiger partial charge in [-0.25, -0.2) is 4.98 Å². The van der Waals surface area contributed by atoms with Gasteiger partial charge in [-0.2, -0.15) is 0 Å². The van der Waals surface area contributed by atoms with E-state index in [1.807, 2.05) is 30.5 Å². The van der Waals surface area contributed by atoms with Crippen LogP contribution in [0.3, 0.4) is 0 Å². The molecule has 0 bridgehead atoms. The highest BCUT2D eigenvalue weighted by atomic mass is 16.5. The summed E-state index contributed by atoms with van der Waals surface area (Å²) >= 11 is 0. The summed E-state index contributed by atoms with van der Waals surface area (Å²) in [5.41, 5.74) is 3.65. The molecule has 4 heterocycles. The van der Waals surface area contributed by atoms with E-state index in [-0.39, 0.29) is 11.8 Å². The van der Waals surface area contributed by atoms with Crippen molar-refractivity contribution >= 4 is 23.5 Å². The molecular weight excluding hydrogens is 506 g/mol. The molecule has 0 aliphatic carbocycles. The molecule has 9 heteroatoms. The normalized spacial score (nSPS) is 19.8. The van der Waals surface area contributed by atoms with E-state index in [0.717, 1.165) is 49.7 Å². The average molecular weight is 540 g/mol. The molecule has 2 saturated heterocycles. The largest absolute Gasteiger partial charge is 0.489 e. The Bertz CT molecular complexity index is 1390. The number of pyridine rings is 1. The molecule has 3 aliphatic heterocycles. The number of carbonyl (C=O) groups is 3. The van der Waals surface area contributed by atoms with Gasteiger partial charge in [0.2, 0.25) is 11.8 Å². The highest BCUT2D eigenvalue weighted by molar-refractivity contribution is 6.04. The summed E-state index contributed by atoms with van der Waals surface area (Å²) < 4.78 is 6.18. The van der Waals surface area contributed by atoms with Crippen LogP contribution in [0.2, 0.25) is 0 Å². The van der Waals surface area contributed by atoms with Gasteiger partial charge in [0, 0.05) is 56.5 Å². The monoisotopic (exact) mass is 539 g/mol. The first kappa shape index (κ1) is 26.0. The molecule has 1 unspecified atom stereocenters. The maximum atomic E-state index is 13.1. The Hall–Kier alpha value is -4.24. The van der Waals surface area contributed by atoms with Gasteiger partial charge < -0.3 is 14.5 Å². The number of imide groups is 1. The van der Waals surface area contributed by atoms with E-state index in [2.05, 4.69) is 50.4 Å². The average Bonchev–Trinajstić information content (AvgIpc) is 3.22. The van der Waals surface area contributed by atoms with Gasteiger partial charge in [-0.15, -0.1) is 0 Å². The number of hydrogen-bond donors (Lipinski definition) is 1. The fourth-order valence-corrected chi connectivity index (χ4v) is 5.72. The lowest BCUT2D eigenvalue weighted by Gasteiger charge is -2.35. The zero-order chi connectivity index (χ0) is 27.5. The molecule has 2 aromatic carbocycles. The Morgan fingerprint density at radius 3 is 2.48 bits per heavy atom. The molecule has 3 aromatic rings. The molecule has 40 heavy (non-hydrogen) atoms. The van der Waals surface area contributed by atoms with Crippen molar-refractivity contribution in [2.75, 3.05) is 31.1 Å². The summed E-state index contributed by atoms with van der Waals surface area (Å²) in [6, 6.07) is 19.3. The van der Waals surface area contributed by atoms with Crippen molar-refractivity contribution in [1.29, 1.82) is 0 Å². The quantitative estimate of drug-likeness (QED) is 0.461. The van der Waals surface area contributed by atoms with Crippen LogP contribution >= 0.6 is 0 Å². The van der Waals surface area contributed by atoms with Crippen LogP contribution in [0.5, 0.6) is 5.75 Å². The van der Waals surface area contributed by atoms with Gasteiger partial charge in [-0.1, -0.05) is 36.4 Å². The summed E-state index contributed by atoms with van der Waals surface area (Å²) in [6.45, 7) is 5.50. The number of nitrogens with zero attached hydrogens (tertiary/aromatic N) is 4. The minimum atomic E-state index is -0.648. The SMILES string of the molecule is O=C1CCCC(N2Cc3c(OCc4ccc(CN5CCN(c6ccccn6)CC5)cc4)cccc3C2=O)C(=O)N1. The molecule has 9 nitrogen and oxygen atoms in total. The van der Waals surface area contributed by atoms with E-state index >= 15 is 0 Å². The number of aromatic nitrogens is 1. The van der Waals surface area contributed by atoms with Crippen LogP contribution < -0.4 is 15.0 Å². The predicted octanol–water partition coefficient (Wildman–Crippen LogP) is 3.13. The van der Waals surface area contributed by atoms with E-state index in [9.17, 15) is 14.4 Å². The number of hydrogen-bond acceptors (Lipinski definition) is 7. The van der Waals surface area contributed by atoms with Crippen LogP contribution in [0.15, 0.2) is 66.9 Å². The number of nitrogens with one attached hydrogen (secondary N) is 1. The number of fused-ring (bicyclic) bond motifs is 1. The second-order valence-corrected chi connectivity index (χ2v) is 10.6. The van der Waals surface area contributed by atoms with Crippen LogP contribution in [-0.2, 0) is 29.3 Å². The topological polar surface area (TPSA) is 95.1 Å². The van der Waals surface area contributed by atoms with Crippen molar-refractivity contribution in [3.05, 3.63) is 89.1 Å². The zero-order valence-corrected chi connectivity index (χ0v) is 22.4. The number of carbonyl (C=O) groups excluding carboxylic acids is 3. The van der Waals surface area contributed by atoms with E-state index in [0.29, 0.717) is 43.7 Å². The van der Waals surface area contributed by atoms with Crippen molar-refractivity contribution in [3.8, 4) is 5.75 Å². The predicted molar refractivity (Wildman–Crippen MR) is 150 cm³/mol. The number of piperazine rings is 1. The first-order chi connectivity index (χ1) is 19.5. The zero-order valence-electron chi connectivity index (χ0n) is 22.4. The van der Waals surface area contributed by atoms with Gasteiger partial charge in [0.1, 0.15) is 24.2 Å². The molecule has 1 aromatic heterocycles. The molecule has 3 aliphatic rings. The first-order valence-electron chi connectivity index (χ1n) is 13.9. The van der Waals surface area contributed by atoms with E-state index in [4.69, 9.17) is 4.74 Å². The van der Waals surface area contributed by atoms with Gasteiger partial charge >= 0.3 is 0 Å². The third-order valence-corrected chi connectivity index (χ3v) is 7.94. The number of ether oxygens (including phenoxy) is 1. The highest BCUT2D eigenvalue weighted by Gasteiger charge is 2.39. The van der Waals surface area contributed by atoms with Crippen molar-refractivity contribution < 1.29 is 19.1 Å². The lowest BCUT2D eigenvalue weighted by molar-refractivity contribution is -0.132. The molecule has 206 valence electrons. The van der Waals surface area contributed by atoms with Crippen molar-refractivity contribution in [1.82, 2.24) is 20.1 Å². The summed E-state index contributed by atoms with van der Waals surface area (Å²) in [6.07, 6.45) is 3.19. The molecule has 1 N–H and O–H groups in total. The number of benzene rings is 2. The van der Waals surface area contributed by atoms with Gasteiger partial charge in [-0.05, 0) is 48.2 Å². The third-order valence-electron chi connectivity index (χ3n) is 7.94. The maximum absolute atomic E-state index is 13.1. The van der Waals surface area contributed by atoms with Crippen LogP contribution in [0.25, 0.3) is 0 Å². The molecular formula is C31H33N5O4. The minimum Gasteiger partial charge on any atom is -0.489 e. The molecule has 1 atom stereocenters. The van der Waals surface area contributed by atoms with Gasteiger partial charge in [0.15, 0.2) is 0 Å². The second kappa shape index (κ2) is 11.5. The Morgan fingerprint density at radius 1 is 0.900 bits per heavy atom. The lowest BCUT2D eigenvalue weighted by Crippen LogP contribution is -2.46. The van der Waals surface area contributed by atoms with Crippen LogP contribution in [0.1, 0.15) is 46.3 Å². The molecule has 0 radical (unpaired) electrons. The second-order valence-electron chi connectivity index (χ2n) is 10.6. The minimum absolute atomic E-state index is 0.194. The highest BCUT2D eigenvalue weighted by Crippen LogP contribution is 2.34. The fraction of sp³-hybridized carbons (Fsp3) is 0.355. The molecule has 6 rings (SSSR count). The summed E-state index contributed by atoms with van der Waals surface area (Å²) in [4.78, 5) is 48.3. The van der Waals surface area contributed by atoms with Crippen molar-refractivity contribution in [2.45, 2.75) is 45.0 Å². The smallest absolute Gasteiger partial charge is 0.255 e. The molecule has 2 fully saturated rings. The van der Waals surface area contributed by atoms with Crippen LogP contribution in [0.4, 0.5) is 5.82 Å².